The van der Waals surface area contributed by atoms with Crippen molar-refractivity contribution >= 4 is 11.3 Å². The minimum Gasteiger partial charge on any atom is -0.327 e. The number of hydrogen-bond acceptors (Lipinski definition) is 3. The number of rotatable bonds is 3. The number of hydrogen-bond donors (Lipinski definition) is 1. The molecular weight excluding hydrogens is 264 g/mol. The highest BCUT2D eigenvalue weighted by Crippen LogP contribution is 2.57. The predicted octanol–water partition coefficient (Wildman–Crippen LogP) is 3.70. The first-order valence-electron chi connectivity index (χ1n) is 8.28. The first-order chi connectivity index (χ1) is 9.60. The molecule has 4 aliphatic rings. The molecule has 1 heterocycles. The quantitative estimate of drug-likeness (QED) is 0.922. The maximum absolute atomic E-state index is 6.66. The van der Waals surface area contributed by atoms with E-state index in [0.29, 0.717) is 6.04 Å². The molecule has 4 aliphatic carbocycles. The van der Waals surface area contributed by atoms with Gasteiger partial charge >= 0.3 is 0 Å². The second-order valence-electron chi connectivity index (χ2n) is 7.63. The Labute approximate surface area is 126 Å². The number of thiazole rings is 1. The lowest BCUT2D eigenvalue weighted by Crippen LogP contribution is -2.52. The Kier molecular flexibility index (Phi) is 3.19. The lowest BCUT2D eigenvalue weighted by Gasteiger charge is -2.56. The van der Waals surface area contributed by atoms with E-state index in [4.69, 9.17) is 10.7 Å². The van der Waals surface area contributed by atoms with Crippen molar-refractivity contribution in [3.8, 4) is 0 Å². The fourth-order valence-corrected chi connectivity index (χ4v) is 6.64. The molecule has 2 nitrogen and oxygen atoms in total. The van der Waals surface area contributed by atoms with E-state index in [0.717, 1.165) is 36.0 Å². The smallest absolute Gasteiger partial charge is 0.0946 e. The van der Waals surface area contributed by atoms with Crippen LogP contribution in [0.5, 0.6) is 0 Å². The van der Waals surface area contributed by atoms with Crippen LogP contribution in [0.3, 0.4) is 0 Å². The fraction of sp³-hybridized carbons (Fsp3) is 0.824. The summed E-state index contributed by atoms with van der Waals surface area (Å²) in [6.45, 7) is 4.29. The predicted molar refractivity (Wildman–Crippen MR) is 83.8 cm³/mol. The van der Waals surface area contributed by atoms with Gasteiger partial charge in [-0.25, -0.2) is 4.98 Å². The second-order valence-corrected chi connectivity index (χ2v) is 8.91. The monoisotopic (exact) mass is 290 g/mol. The molecule has 2 N–H and O–H groups in total. The van der Waals surface area contributed by atoms with E-state index in [1.165, 1.54) is 47.7 Å². The van der Waals surface area contributed by atoms with Crippen LogP contribution in [0.2, 0.25) is 0 Å². The van der Waals surface area contributed by atoms with E-state index in [1.54, 1.807) is 0 Å². The zero-order valence-corrected chi connectivity index (χ0v) is 13.5. The molecule has 1 aromatic heterocycles. The lowest BCUT2D eigenvalue weighted by atomic mass is 9.50. The summed E-state index contributed by atoms with van der Waals surface area (Å²) in [5.74, 6) is 4.75. The summed E-state index contributed by atoms with van der Waals surface area (Å²) in [5.41, 5.74) is 7.85. The van der Waals surface area contributed by atoms with Gasteiger partial charge in [-0.15, -0.1) is 11.3 Å². The van der Waals surface area contributed by atoms with Gasteiger partial charge in [0.2, 0.25) is 0 Å². The van der Waals surface area contributed by atoms with Gasteiger partial charge in [-0.1, -0.05) is 0 Å². The van der Waals surface area contributed by atoms with Crippen LogP contribution >= 0.6 is 11.3 Å². The first kappa shape index (κ1) is 13.3. The summed E-state index contributed by atoms with van der Waals surface area (Å²) in [6.07, 6.45) is 8.43. The zero-order chi connectivity index (χ0) is 13.9. The molecule has 5 rings (SSSR count). The Bertz CT molecular complexity index is 460. The Morgan fingerprint density at radius 3 is 2.20 bits per heavy atom. The van der Waals surface area contributed by atoms with Crippen LogP contribution in [0.4, 0.5) is 0 Å². The van der Waals surface area contributed by atoms with Crippen LogP contribution in [0.15, 0.2) is 0 Å². The molecule has 1 aromatic rings. The summed E-state index contributed by atoms with van der Waals surface area (Å²) in [7, 11) is 0. The van der Waals surface area contributed by atoms with E-state index in [9.17, 15) is 0 Å². The molecule has 4 saturated carbocycles. The third kappa shape index (κ3) is 2.14. The topological polar surface area (TPSA) is 38.9 Å². The normalized spacial score (nSPS) is 40.2. The first-order valence-corrected chi connectivity index (χ1v) is 9.10. The summed E-state index contributed by atoms with van der Waals surface area (Å²) in [5, 5.41) is 1.27. The van der Waals surface area contributed by atoms with Crippen molar-refractivity contribution in [2.75, 3.05) is 0 Å². The van der Waals surface area contributed by atoms with Gasteiger partial charge in [0, 0.05) is 17.3 Å². The van der Waals surface area contributed by atoms with E-state index in [-0.39, 0.29) is 0 Å². The van der Waals surface area contributed by atoms with Crippen molar-refractivity contribution in [1.82, 2.24) is 4.98 Å². The summed E-state index contributed by atoms with van der Waals surface area (Å²) in [4.78, 5) is 6.06. The van der Waals surface area contributed by atoms with Crippen LogP contribution < -0.4 is 5.73 Å². The summed E-state index contributed by atoms with van der Waals surface area (Å²) in [6, 6.07) is 0.343. The largest absolute Gasteiger partial charge is 0.327 e. The minimum absolute atomic E-state index is 0.343. The molecule has 0 aromatic carbocycles. The van der Waals surface area contributed by atoms with Crippen LogP contribution in [-0.4, -0.2) is 11.0 Å². The molecule has 4 fully saturated rings. The molecule has 4 bridgehead atoms. The Morgan fingerprint density at radius 1 is 1.10 bits per heavy atom. The highest BCUT2D eigenvalue weighted by Gasteiger charge is 2.49. The highest BCUT2D eigenvalue weighted by molar-refractivity contribution is 7.11. The lowest BCUT2D eigenvalue weighted by molar-refractivity contribution is -0.0464. The molecule has 1 atom stereocenters. The minimum atomic E-state index is 0.343. The molecular formula is C17H26N2S. The second kappa shape index (κ2) is 4.81. The van der Waals surface area contributed by atoms with Crippen molar-refractivity contribution in [1.29, 1.82) is 0 Å². The third-order valence-corrected chi connectivity index (χ3v) is 7.37. The molecule has 0 radical (unpaired) electrons. The van der Waals surface area contributed by atoms with Gasteiger partial charge in [0.1, 0.15) is 0 Å². The van der Waals surface area contributed by atoms with Crippen LogP contribution in [0.1, 0.15) is 47.7 Å². The van der Waals surface area contributed by atoms with Crippen molar-refractivity contribution in [2.24, 2.45) is 35.3 Å². The summed E-state index contributed by atoms with van der Waals surface area (Å²) < 4.78 is 0. The molecule has 20 heavy (non-hydrogen) atoms. The zero-order valence-electron chi connectivity index (χ0n) is 12.6. The van der Waals surface area contributed by atoms with Crippen molar-refractivity contribution in [3.05, 3.63) is 15.6 Å². The van der Waals surface area contributed by atoms with E-state index in [2.05, 4.69) is 13.8 Å². The Hall–Kier alpha value is -0.410. The molecule has 0 spiro atoms. The maximum Gasteiger partial charge on any atom is 0.0946 e. The Morgan fingerprint density at radius 2 is 1.70 bits per heavy atom. The van der Waals surface area contributed by atoms with Crippen molar-refractivity contribution in [2.45, 2.75) is 58.4 Å². The van der Waals surface area contributed by atoms with Crippen molar-refractivity contribution < 1.29 is 0 Å². The van der Waals surface area contributed by atoms with E-state index < -0.39 is 0 Å². The average molecular weight is 290 g/mol. The standard InChI is InChI=1S/C17H26N2S/c1-9-10(2)20-16(19-9)8-15(18)17-13-4-11-3-12(6-13)7-14(17)5-11/h11-15,17H,3-8,18H2,1-2H3. The third-order valence-electron chi connectivity index (χ3n) is 6.28. The van der Waals surface area contributed by atoms with Gasteiger partial charge in [-0.2, -0.15) is 0 Å². The number of aromatic nitrogens is 1. The maximum atomic E-state index is 6.66. The van der Waals surface area contributed by atoms with Crippen LogP contribution in [0.25, 0.3) is 0 Å². The molecule has 0 saturated heterocycles. The van der Waals surface area contributed by atoms with Crippen LogP contribution in [0, 0.1) is 43.4 Å². The van der Waals surface area contributed by atoms with Gasteiger partial charge in [0.15, 0.2) is 0 Å². The van der Waals surface area contributed by atoms with Crippen LogP contribution in [-0.2, 0) is 6.42 Å². The van der Waals surface area contributed by atoms with E-state index in [1.807, 2.05) is 11.3 Å². The fourth-order valence-electron chi connectivity index (χ4n) is 5.63. The van der Waals surface area contributed by atoms with Gasteiger partial charge < -0.3 is 5.73 Å². The van der Waals surface area contributed by atoms with Gasteiger partial charge in [-0.05, 0) is 75.5 Å². The Balaban J connectivity index is 1.49. The number of nitrogens with zero attached hydrogens (tertiary/aromatic N) is 1. The van der Waals surface area contributed by atoms with E-state index >= 15 is 0 Å². The molecule has 0 amide bonds. The molecule has 1 unspecified atom stereocenters. The van der Waals surface area contributed by atoms with Gasteiger partial charge in [0.05, 0.1) is 10.7 Å². The number of aryl methyl sites for hydroxylation is 2. The highest BCUT2D eigenvalue weighted by atomic mass is 32.1. The molecule has 0 aliphatic heterocycles. The average Bonchev–Trinajstić information content (AvgIpc) is 2.66. The van der Waals surface area contributed by atoms with Crippen molar-refractivity contribution in [3.63, 3.8) is 0 Å². The SMILES string of the molecule is Cc1nc(CC(N)C2C3CC4CC(C3)CC2C4)sc1C. The van der Waals surface area contributed by atoms with Gasteiger partial charge in [0.25, 0.3) is 0 Å². The van der Waals surface area contributed by atoms with Gasteiger partial charge in [-0.3, -0.25) is 0 Å². The molecule has 110 valence electrons. The molecule has 3 heteroatoms. The summed E-state index contributed by atoms with van der Waals surface area (Å²) >= 11 is 1.85. The number of nitrogens with two attached hydrogens (primary N) is 1.